The maximum absolute atomic E-state index is 11.1. The van der Waals surface area contributed by atoms with E-state index in [4.69, 9.17) is 10.8 Å². The van der Waals surface area contributed by atoms with Crippen LogP contribution in [0.1, 0.15) is 6.92 Å². The highest BCUT2D eigenvalue weighted by Gasteiger charge is 2.30. The van der Waals surface area contributed by atoms with Crippen LogP contribution in [0, 0.1) is 0 Å². The highest BCUT2D eigenvalue weighted by atomic mass is 16.5. The standard InChI is InChI=1S/C7H14N2O4/c1-3-13-7(12)4(9-2)5(10)6(8)11/h4-5,9-10H,3H2,1-2H3,(H2,8,11)/t4-,5+/m0/s1. The summed E-state index contributed by atoms with van der Waals surface area (Å²) in [6.45, 7) is 1.81. The molecular formula is C7H14N2O4. The van der Waals surface area contributed by atoms with Gasteiger partial charge in [0.05, 0.1) is 6.61 Å². The number of esters is 1. The molecular weight excluding hydrogens is 176 g/mol. The van der Waals surface area contributed by atoms with Gasteiger partial charge in [-0.1, -0.05) is 0 Å². The van der Waals surface area contributed by atoms with Gasteiger partial charge in [0.25, 0.3) is 0 Å². The van der Waals surface area contributed by atoms with E-state index in [0.29, 0.717) is 0 Å². The summed E-state index contributed by atoms with van der Waals surface area (Å²) in [4.78, 5) is 21.6. The minimum atomic E-state index is -1.57. The molecule has 0 aliphatic rings. The van der Waals surface area contributed by atoms with Crippen molar-refractivity contribution in [3.05, 3.63) is 0 Å². The van der Waals surface area contributed by atoms with E-state index in [0.717, 1.165) is 0 Å². The molecule has 4 N–H and O–H groups in total. The monoisotopic (exact) mass is 190 g/mol. The Kier molecular flexibility index (Phi) is 5.01. The zero-order valence-corrected chi connectivity index (χ0v) is 7.61. The fourth-order valence-corrected chi connectivity index (χ4v) is 0.801. The third-order valence-electron chi connectivity index (χ3n) is 1.46. The number of primary amides is 1. The molecule has 0 aliphatic heterocycles. The van der Waals surface area contributed by atoms with Crippen LogP contribution < -0.4 is 11.1 Å². The molecule has 76 valence electrons. The smallest absolute Gasteiger partial charge is 0.326 e. The predicted molar refractivity (Wildman–Crippen MR) is 44.7 cm³/mol. The Balaban J connectivity index is 4.31. The van der Waals surface area contributed by atoms with Crippen LogP contribution in [0.2, 0.25) is 0 Å². The topological polar surface area (TPSA) is 102 Å². The molecule has 0 aliphatic carbocycles. The molecule has 0 bridgehead atoms. The van der Waals surface area contributed by atoms with Crippen molar-refractivity contribution in [2.24, 2.45) is 5.73 Å². The van der Waals surface area contributed by atoms with Crippen molar-refractivity contribution in [3.8, 4) is 0 Å². The molecule has 0 unspecified atom stereocenters. The molecule has 0 spiro atoms. The van der Waals surface area contributed by atoms with Gasteiger partial charge in [0.2, 0.25) is 5.91 Å². The lowest BCUT2D eigenvalue weighted by molar-refractivity contribution is -0.151. The Hall–Kier alpha value is -1.14. The highest BCUT2D eigenvalue weighted by molar-refractivity contribution is 5.88. The molecule has 0 radical (unpaired) electrons. The number of nitrogens with two attached hydrogens (primary N) is 1. The van der Waals surface area contributed by atoms with E-state index in [-0.39, 0.29) is 6.61 Å². The molecule has 0 heterocycles. The third-order valence-corrected chi connectivity index (χ3v) is 1.46. The van der Waals surface area contributed by atoms with E-state index in [2.05, 4.69) is 10.1 Å². The van der Waals surface area contributed by atoms with Crippen LogP contribution in [0.4, 0.5) is 0 Å². The molecule has 2 atom stereocenters. The van der Waals surface area contributed by atoms with Gasteiger partial charge in [-0.05, 0) is 14.0 Å². The van der Waals surface area contributed by atoms with Crippen molar-refractivity contribution < 1.29 is 19.4 Å². The summed E-state index contributed by atoms with van der Waals surface area (Å²) in [5, 5.41) is 11.6. The molecule has 6 nitrogen and oxygen atoms in total. The number of hydrogen-bond donors (Lipinski definition) is 3. The van der Waals surface area contributed by atoms with E-state index >= 15 is 0 Å². The van der Waals surface area contributed by atoms with Crippen LogP contribution in [0.3, 0.4) is 0 Å². The zero-order valence-electron chi connectivity index (χ0n) is 7.61. The normalized spacial score (nSPS) is 14.7. The van der Waals surface area contributed by atoms with Crippen LogP contribution in [-0.4, -0.2) is 42.8 Å². The molecule has 0 aromatic rings. The van der Waals surface area contributed by atoms with Crippen molar-refractivity contribution in [2.45, 2.75) is 19.1 Å². The second-order valence-electron chi connectivity index (χ2n) is 2.37. The van der Waals surface area contributed by atoms with Crippen molar-refractivity contribution >= 4 is 11.9 Å². The molecule has 0 saturated carbocycles. The quantitative estimate of drug-likeness (QED) is 0.434. The molecule has 13 heavy (non-hydrogen) atoms. The number of aliphatic hydroxyl groups is 1. The van der Waals surface area contributed by atoms with Crippen molar-refractivity contribution in [1.29, 1.82) is 0 Å². The van der Waals surface area contributed by atoms with E-state index in [9.17, 15) is 9.59 Å². The first-order chi connectivity index (χ1) is 6.04. The van der Waals surface area contributed by atoms with Gasteiger partial charge in [0.1, 0.15) is 6.04 Å². The molecule has 0 rings (SSSR count). The molecule has 1 amide bonds. The lowest BCUT2D eigenvalue weighted by atomic mass is 10.1. The minimum absolute atomic E-state index is 0.183. The summed E-state index contributed by atoms with van der Waals surface area (Å²) < 4.78 is 4.60. The summed E-state index contributed by atoms with van der Waals surface area (Å²) >= 11 is 0. The van der Waals surface area contributed by atoms with E-state index < -0.39 is 24.0 Å². The molecule has 0 aromatic carbocycles. The van der Waals surface area contributed by atoms with Gasteiger partial charge in [-0.2, -0.15) is 0 Å². The minimum Gasteiger partial charge on any atom is -0.465 e. The van der Waals surface area contributed by atoms with Crippen LogP contribution in [0.25, 0.3) is 0 Å². The average molecular weight is 190 g/mol. The van der Waals surface area contributed by atoms with Gasteiger partial charge in [-0.25, -0.2) is 0 Å². The number of rotatable bonds is 5. The van der Waals surface area contributed by atoms with Gasteiger partial charge >= 0.3 is 5.97 Å². The summed E-state index contributed by atoms with van der Waals surface area (Å²) in [5.41, 5.74) is 4.81. The van der Waals surface area contributed by atoms with Gasteiger partial charge in [0, 0.05) is 0 Å². The van der Waals surface area contributed by atoms with E-state index in [1.807, 2.05) is 0 Å². The first-order valence-electron chi connectivity index (χ1n) is 3.85. The van der Waals surface area contributed by atoms with E-state index in [1.54, 1.807) is 6.92 Å². The summed E-state index contributed by atoms with van der Waals surface area (Å²) in [6.07, 6.45) is -1.57. The highest BCUT2D eigenvalue weighted by Crippen LogP contribution is 1.95. The van der Waals surface area contributed by atoms with Gasteiger partial charge < -0.3 is 20.9 Å². The zero-order chi connectivity index (χ0) is 10.4. The number of carbonyl (C=O) groups excluding carboxylic acids is 2. The van der Waals surface area contributed by atoms with Crippen molar-refractivity contribution in [3.63, 3.8) is 0 Å². The maximum Gasteiger partial charge on any atom is 0.326 e. The number of aliphatic hydroxyl groups excluding tert-OH is 1. The summed E-state index contributed by atoms with van der Waals surface area (Å²) in [7, 11) is 1.42. The Bertz CT molecular complexity index is 195. The van der Waals surface area contributed by atoms with Crippen LogP contribution in [0.15, 0.2) is 0 Å². The van der Waals surface area contributed by atoms with Crippen LogP contribution in [-0.2, 0) is 14.3 Å². The average Bonchev–Trinajstić information content (AvgIpc) is 2.05. The second-order valence-corrected chi connectivity index (χ2v) is 2.37. The lowest BCUT2D eigenvalue weighted by Crippen LogP contribution is -2.51. The second kappa shape index (κ2) is 5.50. The first-order valence-corrected chi connectivity index (χ1v) is 3.85. The maximum atomic E-state index is 11.1. The number of nitrogens with one attached hydrogen (secondary N) is 1. The summed E-state index contributed by atoms with van der Waals surface area (Å²) in [5.74, 6) is -1.66. The number of hydrogen-bond acceptors (Lipinski definition) is 5. The van der Waals surface area contributed by atoms with Gasteiger partial charge in [0.15, 0.2) is 6.10 Å². The Morgan fingerprint density at radius 1 is 1.62 bits per heavy atom. The number of carbonyl (C=O) groups is 2. The largest absolute Gasteiger partial charge is 0.465 e. The van der Waals surface area contributed by atoms with Crippen molar-refractivity contribution in [1.82, 2.24) is 5.32 Å². The number of ether oxygens (including phenoxy) is 1. The Morgan fingerprint density at radius 2 is 2.15 bits per heavy atom. The van der Waals surface area contributed by atoms with Crippen LogP contribution in [0.5, 0.6) is 0 Å². The predicted octanol–water partition coefficient (Wildman–Crippen LogP) is -2.02. The van der Waals surface area contributed by atoms with Gasteiger partial charge in [-0.3, -0.25) is 9.59 Å². The first kappa shape index (κ1) is 11.9. The fraction of sp³-hybridized carbons (Fsp3) is 0.714. The number of amides is 1. The van der Waals surface area contributed by atoms with Crippen LogP contribution >= 0.6 is 0 Å². The van der Waals surface area contributed by atoms with Crippen molar-refractivity contribution in [2.75, 3.05) is 13.7 Å². The Labute approximate surface area is 76.0 Å². The third kappa shape index (κ3) is 3.39. The molecule has 0 fully saturated rings. The fourth-order valence-electron chi connectivity index (χ4n) is 0.801. The van der Waals surface area contributed by atoms with Gasteiger partial charge in [-0.15, -0.1) is 0 Å². The SMILES string of the molecule is CCOC(=O)[C@@H](NC)[C@@H](O)C(N)=O. The molecule has 0 aromatic heterocycles. The van der Waals surface area contributed by atoms with E-state index in [1.165, 1.54) is 7.05 Å². The Morgan fingerprint density at radius 3 is 2.46 bits per heavy atom. The summed E-state index contributed by atoms with van der Waals surface area (Å²) in [6, 6.07) is -1.10. The lowest BCUT2D eigenvalue weighted by Gasteiger charge is -2.17. The molecule has 0 saturated heterocycles. The number of likely N-dealkylation sites (N-methyl/N-ethyl adjacent to an activating group) is 1. The molecule has 6 heteroatoms.